The van der Waals surface area contributed by atoms with E-state index < -0.39 is 17.4 Å². The van der Waals surface area contributed by atoms with Gasteiger partial charge in [-0.3, -0.25) is 9.59 Å². The predicted molar refractivity (Wildman–Crippen MR) is 82.9 cm³/mol. The Morgan fingerprint density at radius 3 is 2.36 bits per heavy atom. The number of carboxylic acid groups (broad SMARTS) is 1. The normalized spacial score (nSPS) is 15.2. The molecular weight excluding hydrogens is 285 g/mol. The third kappa shape index (κ3) is 4.83. The van der Waals surface area contributed by atoms with Crippen LogP contribution in [0.25, 0.3) is 0 Å². The van der Waals surface area contributed by atoms with E-state index in [-0.39, 0.29) is 30.5 Å². The van der Waals surface area contributed by atoms with Gasteiger partial charge in [-0.2, -0.15) is 0 Å². The van der Waals surface area contributed by atoms with Crippen molar-refractivity contribution in [3.8, 4) is 0 Å². The van der Waals surface area contributed by atoms with Crippen LogP contribution in [0.15, 0.2) is 24.3 Å². The zero-order valence-corrected chi connectivity index (χ0v) is 13.5. The average Bonchev–Trinajstić information content (AvgIpc) is 2.40. The second-order valence-corrected chi connectivity index (χ2v) is 6.33. The van der Waals surface area contributed by atoms with Crippen LogP contribution in [-0.4, -0.2) is 22.5 Å². The first-order valence-corrected chi connectivity index (χ1v) is 7.43. The lowest BCUT2D eigenvalue weighted by Crippen LogP contribution is -2.53. The van der Waals surface area contributed by atoms with E-state index in [2.05, 4.69) is 5.32 Å². The summed E-state index contributed by atoms with van der Waals surface area (Å²) in [5, 5.41) is 11.8. The Kier molecular flexibility index (Phi) is 6.09. The van der Waals surface area contributed by atoms with Gasteiger partial charge in [0.05, 0.1) is 6.42 Å². The zero-order chi connectivity index (χ0) is 16.9. The molecule has 0 saturated carbocycles. The largest absolute Gasteiger partial charge is 0.481 e. The van der Waals surface area contributed by atoms with E-state index in [1.165, 1.54) is 6.07 Å². The van der Waals surface area contributed by atoms with Crippen LogP contribution in [0.5, 0.6) is 0 Å². The molecule has 22 heavy (non-hydrogen) atoms. The molecule has 4 nitrogen and oxygen atoms in total. The van der Waals surface area contributed by atoms with Crippen LogP contribution in [0.1, 0.15) is 39.7 Å². The molecule has 0 aromatic heterocycles. The summed E-state index contributed by atoms with van der Waals surface area (Å²) in [6, 6.07) is 6.35. The van der Waals surface area contributed by atoms with Gasteiger partial charge in [0.25, 0.3) is 0 Å². The topological polar surface area (TPSA) is 66.4 Å². The third-order valence-corrected chi connectivity index (χ3v) is 4.13. The fraction of sp³-hybridized carbons (Fsp3) is 0.529. The Balaban J connectivity index is 2.77. The number of rotatable bonds is 7. The number of nitrogens with one attached hydrogen (secondary N) is 1. The van der Waals surface area contributed by atoms with Crippen molar-refractivity contribution < 1.29 is 19.1 Å². The Hall–Kier alpha value is -1.91. The van der Waals surface area contributed by atoms with Gasteiger partial charge in [-0.1, -0.05) is 39.0 Å². The molecule has 0 bridgehead atoms. The number of carboxylic acids is 1. The minimum Gasteiger partial charge on any atom is -0.481 e. The van der Waals surface area contributed by atoms with Gasteiger partial charge in [-0.05, 0) is 30.9 Å². The molecule has 0 saturated heterocycles. The van der Waals surface area contributed by atoms with E-state index in [4.69, 9.17) is 5.11 Å². The highest BCUT2D eigenvalue weighted by molar-refractivity contribution is 5.80. The standard InChI is InChI=1S/C17H24FNO3/c1-11(2)17(4,10-15(20)21)19-16(22)12(3)9-13-7-5-6-8-14(13)18/h5-8,11-12H,9-10H2,1-4H3,(H,19,22)(H,20,21). The predicted octanol–water partition coefficient (Wildman–Crippen LogP) is 3.01. The first-order chi connectivity index (χ1) is 10.2. The van der Waals surface area contributed by atoms with Gasteiger partial charge in [0.1, 0.15) is 5.82 Å². The van der Waals surface area contributed by atoms with E-state index in [9.17, 15) is 14.0 Å². The Morgan fingerprint density at radius 1 is 1.27 bits per heavy atom. The van der Waals surface area contributed by atoms with Crippen molar-refractivity contribution in [2.24, 2.45) is 11.8 Å². The van der Waals surface area contributed by atoms with Crippen molar-refractivity contribution in [1.29, 1.82) is 0 Å². The van der Waals surface area contributed by atoms with Crippen LogP contribution < -0.4 is 5.32 Å². The summed E-state index contributed by atoms with van der Waals surface area (Å²) in [4.78, 5) is 23.3. The van der Waals surface area contributed by atoms with Crippen LogP contribution >= 0.6 is 0 Å². The molecule has 0 aliphatic heterocycles. The van der Waals surface area contributed by atoms with Crippen molar-refractivity contribution in [3.05, 3.63) is 35.6 Å². The molecule has 0 radical (unpaired) electrons. The summed E-state index contributed by atoms with van der Waals surface area (Å²) in [5.41, 5.74) is -0.346. The molecule has 2 N–H and O–H groups in total. The number of carbonyl (C=O) groups excluding carboxylic acids is 1. The maximum Gasteiger partial charge on any atom is 0.305 e. The van der Waals surface area contributed by atoms with Crippen LogP contribution in [0.2, 0.25) is 0 Å². The molecule has 0 fully saturated rings. The number of halogens is 1. The first kappa shape index (κ1) is 18.1. The maximum atomic E-state index is 13.6. The highest BCUT2D eigenvalue weighted by Crippen LogP contribution is 2.22. The molecule has 2 atom stereocenters. The van der Waals surface area contributed by atoms with E-state index >= 15 is 0 Å². The molecule has 2 unspecified atom stereocenters. The molecule has 1 amide bonds. The van der Waals surface area contributed by atoms with Crippen LogP contribution in [0.4, 0.5) is 4.39 Å². The Morgan fingerprint density at radius 2 is 1.86 bits per heavy atom. The lowest BCUT2D eigenvalue weighted by atomic mass is 9.84. The highest BCUT2D eigenvalue weighted by Gasteiger charge is 2.34. The smallest absolute Gasteiger partial charge is 0.305 e. The van der Waals surface area contributed by atoms with E-state index in [1.54, 1.807) is 32.0 Å². The highest BCUT2D eigenvalue weighted by atomic mass is 19.1. The van der Waals surface area contributed by atoms with Gasteiger partial charge in [-0.15, -0.1) is 0 Å². The fourth-order valence-electron chi connectivity index (χ4n) is 2.20. The molecule has 1 aromatic carbocycles. The van der Waals surface area contributed by atoms with Crippen molar-refractivity contribution in [1.82, 2.24) is 5.32 Å². The fourth-order valence-corrected chi connectivity index (χ4v) is 2.20. The average molecular weight is 309 g/mol. The van der Waals surface area contributed by atoms with Gasteiger partial charge in [0, 0.05) is 11.5 Å². The number of hydrogen-bond donors (Lipinski definition) is 2. The molecule has 1 aromatic rings. The number of hydrogen-bond acceptors (Lipinski definition) is 2. The summed E-state index contributed by atoms with van der Waals surface area (Å²) < 4.78 is 13.6. The summed E-state index contributed by atoms with van der Waals surface area (Å²) in [6.07, 6.45) is 0.128. The monoisotopic (exact) mass is 309 g/mol. The quantitative estimate of drug-likeness (QED) is 0.813. The third-order valence-electron chi connectivity index (χ3n) is 4.13. The minimum atomic E-state index is -0.960. The molecule has 0 heterocycles. The van der Waals surface area contributed by atoms with Gasteiger partial charge in [0.15, 0.2) is 0 Å². The van der Waals surface area contributed by atoms with Crippen molar-refractivity contribution in [2.75, 3.05) is 0 Å². The first-order valence-electron chi connectivity index (χ1n) is 7.43. The van der Waals surface area contributed by atoms with Crippen molar-refractivity contribution in [2.45, 2.75) is 46.1 Å². The Labute approximate surface area is 130 Å². The minimum absolute atomic E-state index is 0.0341. The van der Waals surface area contributed by atoms with Gasteiger partial charge in [-0.25, -0.2) is 4.39 Å². The molecule has 122 valence electrons. The summed E-state index contributed by atoms with van der Waals surface area (Å²) >= 11 is 0. The number of benzene rings is 1. The van der Waals surface area contributed by atoms with E-state index in [1.807, 2.05) is 13.8 Å². The number of amides is 1. The molecule has 1 rings (SSSR count). The van der Waals surface area contributed by atoms with Gasteiger partial charge < -0.3 is 10.4 Å². The molecular formula is C17H24FNO3. The van der Waals surface area contributed by atoms with Crippen LogP contribution in [0, 0.1) is 17.7 Å². The van der Waals surface area contributed by atoms with E-state index in [0.717, 1.165) is 0 Å². The molecule has 0 aliphatic carbocycles. The summed E-state index contributed by atoms with van der Waals surface area (Å²) in [7, 11) is 0. The van der Waals surface area contributed by atoms with Gasteiger partial charge in [0.2, 0.25) is 5.91 Å². The SMILES string of the molecule is CC(Cc1ccccc1F)C(=O)NC(C)(CC(=O)O)C(C)C. The maximum absolute atomic E-state index is 13.6. The number of aliphatic carboxylic acids is 1. The lowest BCUT2D eigenvalue weighted by molar-refractivity contribution is -0.139. The Bertz CT molecular complexity index is 544. The van der Waals surface area contributed by atoms with Gasteiger partial charge >= 0.3 is 5.97 Å². The van der Waals surface area contributed by atoms with Crippen molar-refractivity contribution >= 4 is 11.9 Å². The number of carbonyl (C=O) groups is 2. The molecule has 0 spiro atoms. The zero-order valence-electron chi connectivity index (χ0n) is 13.5. The molecule has 0 aliphatic rings. The van der Waals surface area contributed by atoms with E-state index in [0.29, 0.717) is 5.56 Å². The summed E-state index contributed by atoms with van der Waals surface area (Å²) in [5.74, 6) is -2.03. The van der Waals surface area contributed by atoms with Crippen molar-refractivity contribution in [3.63, 3.8) is 0 Å². The van der Waals surface area contributed by atoms with Crippen LogP contribution in [-0.2, 0) is 16.0 Å². The van der Waals surface area contributed by atoms with Crippen LogP contribution in [0.3, 0.4) is 0 Å². The lowest BCUT2D eigenvalue weighted by Gasteiger charge is -2.34. The summed E-state index contributed by atoms with van der Waals surface area (Å²) in [6.45, 7) is 7.16. The second kappa shape index (κ2) is 7.38. The molecule has 5 heteroatoms. The second-order valence-electron chi connectivity index (χ2n) is 6.33.